The maximum absolute atomic E-state index is 13.2. The van der Waals surface area contributed by atoms with Crippen LogP contribution in [0.15, 0.2) is 77.7 Å². The van der Waals surface area contributed by atoms with Crippen molar-refractivity contribution in [3.8, 4) is 17.2 Å². The van der Waals surface area contributed by atoms with Crippen LogP contribution >= 0.6 is 24.0 Å². The number of thiocarbonyl (C=S) groups is 1. The van der Waals surface area contributed by atoms with Crippen LogP contribution in [0.5, 0.6) is 17.2 Å². The number of likely N-dealkylation sites (N-methyl/N-ethyl adjacent to an activating group) is 1. The fraction of sp³-hybridized carbons (Fsp3) is 0.258. The number of carbonyl (C=O) groups is 2. The molecule has 1 N–H and O–H groups in total. The second kappa shape index (κ2) is 13.3. The lowest BCUT2D eigenvalue weighted by molar-refractivity contribution is -0.113. The molecule has 2 heterocycles. The molecule has 0 aromatic heterocycles. The number of amides is 1. The van der Waals surface area contributed by atoms with Crippen LogP contribution in [0.3, 0.4) is 0 Å². The van der Waals surface area contributed by atoms with Crippen LogP contribution in [0.25, 0.3) is 6.08 Å². The number of anilines is 1. The molecule has 0 atom stereocenters. The SMILES string of the molecule is CN1CCN(CCCOc2ccc(N3C(=O)C(=Cc4ccc(Oc5ccc(C(=O)O)cc5)cc4)SC3=S)cc2)CC1. The molecule has 2 fully saturated rings. The summed E-state index contributed by atoms with van der Waals surface area (Å²) in [6.07, 6.45) is 2.78. The minimum atomic E-state index is -0.986. The van der Waals surface area contributed by atoms with E-state index in [9.17, 15) is 9.59 Å². The maximum atomic E-state index is 13.2. The van der Waals surface area contributed by atoms with E-state index < -0.39 is 5.97 Å². The molecule has 5 rings (SSSR count). The first-order chi connectivity index (χ1) is 19.9. The Morgan fingerprint density at radius 3 is 2.17 bits per heavy atom. The summed E-state index contributed by atoms with van der Waals surface area (Å²) in [5.41, 5.74) is 1.74. The average molecular weight is 590 g/mol. The van der Waals surface area contributed by atoms with Gasteiger partial charge in [-0.25, -0.2) is 4.79 Å². The van der Waals surface area contributed by atoms with Crippen molar-refractivity contribution < 1.29 is 24.2 Å². The number of ether oxygens (including phenoxy) is 2. The fourth-order valence-electron chi connectivity index (χ4n) is 4.52. The Labute approximate surface area is 249 Å². The van der Waals surface area contributed by atoms with E-state index in [-0.39, 0.29) is 11.5 Å². The Morgan fingerprint density at radius 1 is 0.927 bits per heavy atom. The van der Waals surface area contributed by atoms with Crippen molar-refractivity contribution in [3.05, 3.63) is 88.8 Å². The van der Waals surface area contributed by atoms with Gasteiger partial charge in [-0.3, -0.25) is 9.69 Å². The summed E-state index contributed by atoms with van der Waals surface area (Å²) in [7, 11) is 2.16. The fourth-order valence-corrected chi connectivity index (χ4v) is 5.82. The zero-order chi connectivity index (χ0) is 28.8. The molecule has 3 aromatic carbocycles. The molecule has 2 aliphatic heterocycles. The maximum Gasteiger partial charge on any atom is 0.335 e. The van der Waals surface area contributed by atoms with Gasteiger partial charge in [0.2, 0.25) is 0 Å². The van der Waals surface area contributed by atoms with E-state index in [1.165, 1.54) is 23.9 Å². The number of rotatable bonds is 10. The molecule has 0 saturated carbocycles. The number of carboxylic acid groups (broad SMARTS) is 1. The van der Waals surface area contributed by atoms with Crippen molar-refractivity contribution >= 4 is 51.9 Å². The van der Waals surface area contributed by atoms with Gasteiger partial charge in [-0.1, -0.05) is 36.1 Å². The first kappa shape index (κ1) is 28.8. The molecule has 0 spiro atoms. The van der Waals surface area contributed by atoms with Gasteiger partial charge >= 0.3 is 5.97 Å². The lowest BCUT2D eigenvalue weighted by Crippen LogP contribution is -2.44. The number of thioether (sulfide) groups is 1. The molecule has 0 radical (unpaired) electrons. The molecule has 2 aliphatic rings. The van der Waals surface area contributed by atoms with Crippen molar-refractivity contribution in [2.45, 2.75) is 6.42 Å². The van der Waals surface area contributed by atoms with Crippen LogP contribution in [0.1, 0.15) is 22.3 Å². The third-order valence-electron chi connectivity index (χ3n) is 6.89. The highest BCUT2D eigenvalue weighted by molar-refractivity contribution is 8.27. The van der Waals surface area contributed by atoms with Crippen LogP contribution in [0.4, 0.5) is 5.69 Å². The van der Waals surface area contributed by atoms with Crippen LogP contribution < -0.4 is 14.4 Å². The number of nitrogens with zero attached hydrogens (tertiary/aromatic N) is 3. The highest BCUT2D eigenvalue weighted by atomic mass is 32.2. The predicted octanol–water partition coefficient (Wildman–Crippen LogP) is 5.60. The first-order valence-corrected chi connectivity index (χ1v) is 14.6. The third kappa shape index (κ3) is 7.53. The van der Waals surface area contributed by atoms with Crippen LogP contribution in [0.2, 0.25) is 0 Å². The highest BCUT2D eigenvalue weighted by Gasteiger charge is 2.33. The van der Waals surface area contributed by atoms with Crippen LogP contribution in [0, 0.1) is 0 Å². The lowest BCUT2D eigenvalue weighted by atomic mass is 10.2. The van der Waals surface area contributed by atoms with Gasteiger partial charge in [-0.05, 0) is 85.8 Å². The number of benzene rings is 3. The zero-order valence-corrected chi connectivity index (χ0v) is 24.3. The molecule has 0 unspecified atom stereocenters. The Kier molecular flexibility index (Phi) is 9.35. The van der Waals surface area contributed by atoms with Gasteiger partial charge in [0.15, 0.2) is 4.32 Å². The first-order valence-electron chi connectivity index (χ1n) is 13.4. The van der Waals surface area contributed by atoms with E-state index in [0.717, 1.165) is 50.5 Å². The zero-order valence-electron chi connectivity index (χ0n) is 22.7. The Balaban J connectivity index is 1.14. The summed E-state index contributed by atoms with van der Waals surface area (Å²) in [6, 6.07) is 21.0. The summed E-state index contributed by atoms with van der Waals surface area (Å²) in [5.74, 6) is 0.748. The van der Waals surface area contributed by atoms with Crippen molar-refractivity contribution in [2.75, 3.05) is 51.3 Å². The number of carboxylic acids is 1. The van der Waals surface area contributed by atoms with Crippen molar-refractivity contribution in [1.82, 2.24) is 9.80 Å². The quantitative estimate of drug-likeness (QED) is 0.185. The summed E-state index contributed by atoms with van der Waals surface area (Å²) in [4.78, 5) is 31.1. The number of hydrogen-bond donors (Lipinski definition) is 1. The minimum Gasteiger partial charge on any atom is -0.494 e. The van der Waals surface area contributed by atoms with Crippen molar-refractivity contribution in [2.24, 2.45) is 0 Å². The molecule has 41 heavy (non-hydrogen) atoms. The van der Waals surface area contributed by atoms with E-state index in [4.69, 9.17) is 26.8 Å². The van der Waals surface area contributed by atoms with Gasteiger partial charge in [-0.15, -0.1) is 0 Å². The van der Waals surface area contributed by atoms with E-state index in [2.05, 4.69) is 16.8 Å². The highest BCUT2D eigenvalue weighted by Crippen LogP contribution is 2.36. The van der Waals surface area contributed by atoms with Gasteiger partial charge in [0.25, 0.3) is 5.91 Å². The average Bonchev–Trinajstić information content (AvgIpc) is 3.25. The van der Waals surface area contributed by atoms with E-state index >= 15 is 0 Å². The van der Waals surface area contributed by atoms with Crippen molar-refractivity contribution in [3.63, 3.8) is 0 Å². The molecule has 3 aromatic rings. The van der Waals surface area contributed by atoms with Gasteiger partial charge in [-0.2, -0.15) is 0 Å². The lowest BCUT2D eigenvalue weighted by Gasteiger charge is -2.32. The molecule has 0 aliphatic carbocycles. The molecule has 0 bridgehead atoms. The second-order valence-electron chi connectivity index (χ2n) is 9.86. The van der Waals surface area contributed by atoms with E-state index in [0.29, 0.717) is 33.0 Å². The Morgan fingerprint density at radius 2 is 1.54 bits per heavy atom. The number of hydrogen-bond acceptors (Lipinski definition) is 8. The molecule has 2 saturated heterocycles. The van der Waals surface area contributed by atoms with Gasteiger partial charge < -0.3 is 24.4 Å². The Bertz CT molecular complexity index is 1420. The normalized spacial score (nSPS) is 17.3. The number of piperazine rings is 1. The van der Waals surface area contributed by atoms with Gasteiger partial charge in [0, 0.05) is 32.7 Å². The standard InChI is InChI=1S/C31H31N3O5S2/c1-32-16-18-33(19-17-32)15-2-20-38-25-13-7-24(8-14-25)34-29(35)28(41-31(34)40)21-22-3-9-26(10-4-22)39-27-11-5-23(6-12-27)30(36)37/h3-14,21H,2,15-20H2,1H3,(H,36,37). The molecular formula is C31H31N3O5S2. The molecule has 8 nitrogen and oxygen atoms in total. The van der Waals surface area contributed by atoms with E-state index in [1.807, 2.05) is 42.5 Å². The third-order valence-corrected chi connectivity index (χ3v) is 8.19. The number of carbonyl (C=O) groups excluding carboxylic acids is 1. The summed E-state index contributed by atoms with van der Waals surface area (Å²) in [5, 5.41) is 9.03. The second-order valence-corrected chi connectivity index (χ2v) is 11.5. The predicted molar refractivity (Wildman–Crippen MR) is 166 cm³/mol. The largest absolute Gasteiger partial charge is 0.494 e. The van der Waals surface area contributed by atoms with Crippen LogP contribution in [-0.2, 0) is 4.79 Å². The monoisotopic (exact) mass is 589 g/mol. The molecule has 1 amide bonds. The number of aromatic carboxylic acids is 1. The van der Waals surface area contributed by atoms with Crippen molar-refractivity contribution in [1.29, 1.82) is 0 Å². The smallest absolute Gasteiger partial charge is 0.335 e. The van der Waals surface area contributed by atoms with Crippen LogP contribution in [-0.4, -0.2) is 77.5 Å². The van der Waals surface area contributed by atoms with Gasteiger partial charge in [0.1, 0.15) is 17.2 Å². The summed E-state index contributed by atoms with van der Waals surface area (Å²) in [6.45, 7) is 6.13. The molecular weight excluding hydrogens is 558 g/mol. The molecule has 10 heteroatoms. The van der Waals surface area contributed by atoms with E-state index in [1.54, 1.807) is 29.2 Å². The summed E-state index contributed by atoms with van der Waals surface area (Å²) < 4.78 is 12.2. The Hall–Kier alpha value is -3.70. The topological polar surface area (TPSA) is 82.5 Å². The molecule has 212 valence electrons. The summed E-state index contributed by atoms with van der Waals surface area (Å²) >= 11 is 6.80. The van der Waals surface area contributed by atoms with Gasteiger partial charge in [0.05, 0.1) is 22.8 Å². The minimum absolute atomic E-state index is 0.167.